The number of aromatic nitrogens is 2. The van der Waals surface area contributed by atoms with Crippen LogP contribution in [-0.4, -0.2) is 106 Å². The lowest BCUT2D eigenvalue weighted by molar-refractivity contribution is -0.385. The van der Waals surface area contributed by atoms with Gasteiger partial charge in [0.25, 0.3) is 5.69 Å². The fourth-order valence-electron chi connectivity index (χ4n) is 9.88. The highest BCUT2D eigenvalue weighted by molar-refractivity contribution is 5.92. The molecule has 7 rings (SSSR count). The number of hydrogen-bond acceptors (Lipinski definition) is 11. The standard InChI is InChI=1S/C46H62F3N7O7/c1-29(33-23-34(46(47,48)49)25-35(24-33)56(59)60)50-41-37-26-40(39(61-6)27-38(37)51-30(2)52-41)62-36-11-19-54(20-12-36)42(57)32-9-17-53(18-10-32)28-31-7-13-45(14-8-31)15-21-55(22-16-45)43(58)63-44(3,4)5/h23-27,29,31-32,36H,7-22,28H2,1-6H3,(H,50,51,52)/t29-/m1/s1. The van der Waals surface area contributed by atoms with Crippen molar-refractivity contribution in [3.63, 3.8) is 0 Å². The van der Waals surface area contributed by atoms with E-state index in [-0.39, 0.29) is 29.6 Å². The van der Waals surface area contributed by atoms with Crippen molar-refractivity contribution in [1.29, 1.82) is 0 Å². The van der Waals surface area contributed by atoms with E-state index in [4.69, 9.17) is 14.2 Å². The average molecular weight is 882 g/mol. The molecule has 2 aromatic carbocycles. The van der Waals surface area contributed by atoms with E-state index in [0.717, 1.165) is 70.5 Å². The van der Waals surface area contributed by atoms with Crippen LogP contribution < -0.4 is 14.8 Å². The Balaban J connectivity index is 0.892. The van der Waals surface area contributed by atoms with Gasteiger partial charge in [0.05, 0.1) is 29.2 Å². The SMILES string of the molecule is COc1cc2nc(C)nc(N[C@H](C)c3cc([N+](=O)[O-])cc(C(F)(F)F)c3)c2cc1OC1CCN(C(=O)C2CCN(CC3CCC4(CC3)CCN(C(=O)OC(C)(C)C)CC4)CC2)CC1. The number of piperidine rings is 3. The smallest absolute Gasteiger partial charge is 0.416 e. The van der Waals surface area contributed by atoms with Crippen molar-refractivity contribution in [2.45, 2.75) is 123 Å². The number of nitrogens with zero attached hydrogens (tertiary/aromatic N) is 6. The number of nitro benzene ring substituents is 1. The number of carbonyl (C=O) groups is 2. The van der Waals surface area contributed by atoms with Gasteiger partial charge in [-0.15, -0.1) is 0 Å². The predicted molar refractivity (Wildman–Crippen MR) is 232 cm³/mol. The van der Waals surface area contributed by atoms with Crippen LogP contribution in [0.5, 0.6) is 11.5 Å². The molecule has 1 N–H and O–H groups in total. The molecule has 63 heavy (non-hydrogen) atoms. The summed E-state index contributed by atoms with van der Waals surface area (Å²) in [5.41, 5.74) is -1.32. The average Bonchev–Trinajstić information content (AvgIpc) is 3.24. The van der Waals surface area contributed by atoms with Crippen molar-refractivity contribution in [3.8, 4) is 11.5 Å². The fourth-order valence-corrected chi connectivity index (χ4v) is 9.88. The number of rotatable bonds is 10. The molecule has 17 heteroatoms. The van der Waals surface area contributed by atoms with E-state index in [1.54, 1.807) is 26.0 Å². The number of nitrogens with one attached hydrogen (secondary N) is 1. The molecule has 1 aromatic heterocycles. The minimum atomic E-state index is -4.77. The normalized spacial score (nSPS) is 20.1. The molecular formula is C46H62F3N7O7. The molecule has 1 spiro atoms. The highest BCUT2D eigenvalue weighted by Crippen LogP contribution is 2.47. The van der Waals surface area contributed by atoms with E-state index in [2.05, 4.69) is 20.2 Å². The number of alkyl halides is 3. The predicted octanol–water partition coefficient (Wildman–Crippen LogP) is 9.34. The van der Waals surface area contributed by atoms with Crippen molar-refractivity contribution < 1.29 is 41.9 Å². The van der Waals surface area contributed by atoms with E-state index in [1.807, 2.05) is 30.6 Å². The van der Waals surface area contributed by atoms with Gasteiger partial charge in [-0.25, -0.2) is 14.8 Å². The zero-order valence-electron chi connectivity index (χ0n) is 37.4. The lowest BCUT2D eigenvalue weighted by Gasteiger charge is -2.46. The summed E-state index contributed by atoms with van der Waals surface area (Å²) in [6.07, 6.45) is 4.82. The van der Waals surface area contributed by atoms with Gasteiger partial charge in [0.2, 0.25) is 5.91 Å². The maximum absolute atomic E-state index is 13.7. The Kier molecular flexibility index (Phi) is 13.6. The molecule has 2 amide bonds. The van der Waals surface area contributed by atoms with Crippen LogP contribution in [-0.2, 0) is 15.7 Å². The lowest BCUT2D eigenvalue weighted by Crippen LogP contribution is -2.48. The highest BCUT2D eigenvalue weighted by Gasteiger charge is 2.41. The Morgan fingerprint density at radius 2 is 1.56 bits per heavy atom. The molecule has 3 aliphatic heterocycles. The second kappa shape index (κ2) is 18.7. The van der Waals surface area contributed by atoms with Gasteiger partial charge in [-0.1, -0.05) is 0 Å². The van der Waals surface area contributed by atoms with E-state index >= 15 is 0 Å². The number of aryl methyl sites for hydroxylation is 1. The second-order valence-electron chi connectivity index (χ2n) is 19.2. The van der Waals surface area contributed by atoms with Crippen LogP contribution in [0, 0.1) is 34.3 Å². The molecule has 1 aliphatic carbocycles. The number of amides is 2. The summed E-state index contributed by atoms with van der Waals surface area (Å²) < 4.78 is 58.8. The van der Waals surface area contributed by atoms with Gasteiger partial charge in [0.15, 0.2) is 11.5 Å². The minimum absolute atomic E-state index is 0.0166. The number of hydrogen-bond donors (Lipinski definition) is 1. The summed E-state index contributed by atoms with van der Waals surface area (Å²) in [5, 5.41) is 15.2. The van der Waals surface area contributed by atoms with Crippen LogP contribution in [0.25, 0.3) is 10.9 Å². The van der Waals surface area contributed by atoms with E-state index in [0.29, 0.717) is 77.4 Å². The number of benzene rings is 2. The van der Waals surface area contributed by atoms with Crippen LogP contribution in [0.1, 0.15) is 115 Å². The Morgan fingerprint density at radius 3 is 2.16 bits per heavy atom. The zero-order valence-corrected chi connectivity index (χ0v) is 37.4. The maximum atomic E-state index is 13.7. The summed E-state index contributed by atoms with van der Waals surface area (Å²) in [7, 11) is 1.53. The molecule has 4 aliphatic rings. The molecule has 4 fully saturated rings. The molecule has 1 atom stereocenters. The van der Waals surface area contributed by atoms with Crippen molar-refractivity contribution in [2.75, 3.05) is 58.2 Å². The molecule has 4 heterocycles. The number of halogens is 3. The van der Waals surface area contributed by atoms with Crippen molar-refractivity contribution in [2.24, 2.45) is 17.3 Å². The Labute approximate surface area is 367 Å². The third-order valence-corrected chi connectivity index (χ3v) is 13.6. The van der Waals surface area contributed by atoms with Gasteiger partial charge in [0.1, 0.15) is 23.3 Å². The topological polar surface area (TPSA) is 152 Å². The number of carbonyl (C=O) groups excluding carboxylic acids is 2. The molecule has 344 valence electrons. The number of methoxy groups -OCH3 is 1. The third-order valence-electron chi connectivity index (χ3n) is 13.6. The molecule has 3 saturated heterocycles. The molecule has 0 bridgehead atoms. The van der Waals surface area contributed by atoms with Gasteiger partial charge in [-0.3, -0.25) is 14.9 Å². The number of likely N-dealkylation sites (tertiary alicyclic amines) is 3. The van der Waals surface area contributed by atoms with Crippen molar-refractivity contribution >= 4 is 34.4 Å². The van der Waals surface area contributed by atoms with Gasteiger partial charge in [-0.2, -0.15) is 13.2 Å². The monoisotopic (exact) mass is 881 g/mol. The fraction of sp³-hybridized carbons (Fsp3) is 0.652. The third kappa shape index (κ3) is 11.2. The number of anilines is 1. The molecule has 1 saturated carbocycles. The second-order valence-corrected chi connectivity index (χ2v) is 19.2. The Morgan fingerprint density at radius 1 is 0.889 bits per heavy atom. The van der Waals surface area contributed by atoms with Crippen LogP contribution in [0.4, 0.5) is 29.5 Å². The Hall–Kier alpha value is -4.93. The quantitative estimate of drug-likeness (QED) is 0.153. The largest absolute Gasteiger partial charge is 0.493 e. The maximum Gasteiger partial charge on any atom is 0.416 e. The first kappa shape index (κ1) is 46.1. The first-order valence-electron chi connectivity index (χ1n) is 22.4. The summed E-state index contributed by atoms with van der Waals surface area (Å²) >= 11 is 0. The van der Waals surface area contributed by atoms with Crippen molar-refractivity contribution in [3.05, 3.63) is 57.4 Å². The van der Waals surface area contributed by atoms with Crippen LogP contribution in [0.3, 0.4) is 0 Å². The van der Waals surface area contributed by atoms with Gasteiger partial charge >= 0.3 is 12.3 Å². The van der Waals surface area contributed by atoms with Crippen molar-refractivity contribution in [1.82, 2.24) is 24.7 Å². The first-order valence-corrected chi connectivity index (χ1v) is 22.4. The Bertz CT molecular complexity index is 2130. The number of non-ortho nitro benzene ring substituents is 1. The molecule has 0 radical (unpaired) electrons. The van der Waals surface area contributed by atoms with Gasteiger partial charge < -0.3 is 34.2 Å². The first-order chi connectivity index (χ1) is 29.8. The summed E-state index contributed by atoms with van der Waals surface area (Å²) in [4.78, 5) is 52.5. The van der Waals surface area contributed by atoms with E-state index in [9.17, 15) is 32.9 Å². The number of nitro groups is 1. The highest BCUT2D eigenvalue weighted by atomic mass is 19.4. The van der Waals surface area contributed by atoms with Gasteiger partial charge in [-0.05, 0) is 128 Å². The zero-order chi connectivity index (χ0) is 45.3. The molecule has 3 aromatic rings. The van der Waals surface area contributed by atoms with Crippen LogP contribution in [0.15, 0.2) is 30.3 Å². The summed E-state index contributed by atoms with van der Waals surface area (Å²) in [6.45, 7) is 14.7. The molecule has 0 unspecified atom stereocenters. The van der Waals surface area contributed by atoms with Crippen LogP contribution in [0.2, 0.25) is 0 Å². The number of fused-ring (bicyclic) bond motifs is 1. The number of ether oxygens (including phenoxy) is 3. The van der Waals surface area contributed by atoms with E-state index < -0.39 is 34.0 Å². The lowest BCUT2D eigenvalue weighted by atomic mass is 9.65. The molecular weight excluding hydrogens is 820 g/mol. The minimum Gasteiger partial charge on any atom is -0.493 e. The van der Waals surface area contributed by atoms with Crippen LogP contribution >= 0.6 is 0 Å². The summed E-state index contributed by atoms with van der Waals surface area (Å²) in [6, 6.07) is 5.21. The van der Waals surface area contributed by atoms with E-state index in [1.165, 1.54) is 32.8 Å². The molecule has 14 nitrogen and oxygen atoms in total. The van der Waals surface area contributed by atoms with Gasteiger partial charge in [0, 0.05) is 75.1 Å². The summed E-state index contributed by atoms with van der Waals surface area (Å²) in [5.74, 6) is 2.53.